The van der Waals surface area contributed by atoms with Gasteiger partial charge in [-0.25, -0.2) is 9.55 Å². The standard InChI is InChI=1S/C25H17N3O4S2/c29-21-13-34-24(16-10-11-19-20(12-16)32-14-31-19)27(21)25(33)28-22(15-6-2-1-3-7-15)26-18-9-5-4-8-17(18)23(28)30/h1-12,24H,13-14H2. The van der Waals surface area contributed by atoms with Crippen LogP contribution in [0, 0.1) is 0 Å². The molecule has 2 aliphatic rings. The Morgan fingerprint density at radius 2 is 1.74 bits per heavy atom. The summed E-state index contributed by atoms with van der Waals surface area (Å²) < 4.78 is 12.3. The summed E-state index contributed by atoms with van der Waals surface area (Å²) >= 11 is 7.28. The quantitative estimate of drug-likeness (QED) is 0.393. The van der Waals surface area contributed by atoms with Crippen LogP contribution in [0.4, 0.5) is 0 Å². The number of fused-ring (bicyclic) bond motifs is 2. The molecule has 1 aromatic heterocycles. The molecule has 2 aliphatic heterocycles. The van der Waals surface area contributed by atoms with Crippen LogP contribution in [-0.4, -0.2) is 38.0 Å². The minimum absolute atomic E-state index is 0.0970. The van der Waals surface area contributed by atoms with Gasteiger partial charge in [-0.2, -0.15) is 0 Å². The molecule has 0 radical (unpaired) electrons. The van der Waals surface area contributed by atoms with Crippen molar-refractivity contribution in [3.63, 3.8) is 0 Å². The molecule has 1 atom stereocenters. The highest BCUT2D eigenvalue weighted by Crippen LogP contribution is 2.43. The molecule has 0 aliphatic carbocycles. The Hall–Kier alpha value is -3.69. The van der Waals surface area contributed by atoms with Gasteiger partial charge >= 0.3 is 0 Å². The van der Waals surface area contributed by atoms with E-state index in [4.69, 9.17) is 26.7 Å². The number of benzene rings is 3. The van der Waals surface area contributed by atoms with Crippen molar-refractivity contribution < 1.29 is 14.3 Å². The highest BCUT2D eigenvalue weighted by Gasteiger charge is 2.38. The van der Waals surface area contributed by atoms with E-state index in [2.05, 4.69) is 0 Å². The van der Waals surface area contributed by atoms with Crippen molar-refractivity contribution >= 4 is 45.9 Å². The van der Waals surface area contributed by atoms with Gasteiger partial charge in [0.05, 0.1) is 16.7 Å². The van der Waals surface area contributed by atoms with Crippen molar-refractivity contribution in [3.8, 4) is 22.9 Å². The van der Waals surface area contributed by atoms with E-state index >= 15 is 0 Å². The van der Waals surface area contributed by atoms with Crippen molar-refractivity contribution in [2.45, 2.75) is 5.37 Å². The van der Waals surface area contributed by atoms with Crippen molar-refractivity contribution in [3.05, 3.63) is 88.7 Å². The van der Waals surface area contributed by atoms with Gasteiger partial charge in [-0.1, -0.05) is 48.5 Å². The summed E-state index contributed by atoms with van der Waals surface area (Å²) in [4.78, 5) is 33.0. The topological polar surface area (TPSA) is 73.7 Å². The van der Waals surface area contributed by atoms with Crippen LogP contribution in [0.1, 0.15) is 10.9 Å². The van der Waals surface area contributed by atoms with Crippen LogP contribution in [0.3, 0.4) is 0 Å². The fourth-order valence-electron chi connectivity index (χ4n) is 4.14. The van der Waals surface area contributed by atoms with Crippen molar-refractivity contribution in [2.24, 2.45) is 0 Å². The van der Waals surface area contributed by atoms with Gasteiger partial charge in [-0.3, -0.25) is 14.5 Å². The number of nitrogens with zero attached hydrogens (tertiary/aromatic N) is 3. The summed E-state index contributed by atoms with van der Waals surface area (Å²) in [6, 6.07) is 22.1. The van der Waals surface area contributed by atoms with Crippen LogP contribution < -0.4 is 15.0 Å². The lowest BCUT2D eigenvalue weighted by Gasteiger charge is -2.26. The van der Waals surface area contributed by atoms with Gasteiger partial charge < -0.3 is 9.47 Å². The number of hydrogen-bond acceptors (Lipinski definition) is 7. The van der Waals surface area contributed by atoms with Crippen molar-refractivity contribution in [2.75, 3.05) is 12.5 Å². The lowest BCUT2D eigenvalue weighted by molar-refractivity contribution is -0.124. The molecule has 4 aromatic rings. The smallest absolute Gasteiger partial charge is 0.268 e. The number of thiocarbonyl (C=S) groups is 1. The molecule has 1 fully saturated rings. The molecule has 3 aromatic carbocycles. The lowest BCUT2D eigenvalue weighted by atomic mass is 10.1. The average Bonchev–Trinajstić information content (AvgIpc) is 3.50. The van der Waals surface area contributed by atoms with E-state index < -0.39 is 5.37 Å². The third-order valence-electron chi connectivity index (χ3n) is 5.75. The fourth-order valence-corrected chi connectivity index (χ4v) is 5.73. The van der Waals surface area contributed by atoms with Gasteiger partial charge in [0.1, 0.15) is 11.2 Å². The van der Waals surface area contributed by atoms with E-state index in [-0.39, 0.29) is 29.1 Å². The van der Waals surface area contributed by atoms with Gasteiger partial charge in [0.25, 0.3) is 5.56 Å². The number of hydrogen-bond donors (Lipinski definition) is 0. The maximum atomic E-state index is 13.7. The minimum atomic E-state index is -0.406. The third-order valence-corrected chi connectivity index (χ3v) is 7.35. The van der Waals surface area contributed by atoms with Crippen LogP contribution in [0.25, 0.3) is 22.3 Å². The number of carbonyl (C=O) groups excluding carboxylic acids is 1. The van der Waals surface area contributed by atoms with Crippen LogP contribution in [0.15, 0.2) is 77.6 Å². The molecule has 3 heterocycles. The number of thioether (sulfide) groups is 1. The molecular weight excluding hydrogens is 470 g/mol. The molecule has 9 heteroatoms. The van der Waals surface area contributed by atoms with E-state index in [1.807, 2.05) is 54.6 Å². The highest BCUT2D eigenvalue weighted by molar-refractivity contribution is 8.00. The van der Waals surface area contributed by atoms with Gasteiger partial charge in [-0.15, -0.1) is 11.8 Å². The van der Waals surface area contributed by atoms with E-state index in [0.717, 1.165) is 11.1 Å². The number of ether oxygens (including phenoxy) is 2. The molecule has 0 saturated carbocycles. The Bertz CT molecular complexity index is 1520. The minimum Gasteiger partial charge on any atom is -0.454 e. The molecule has 0 N–H and O–H groups in total. The number of carbonyl (C=O) groups is 1. The summed E-state index contributed by atoms with van der Waals surface area (Å²) in [5.74, 6) is 1.75. The van der Waals surface area contributed by atoms with Crippen LogP contribution in [-0.2, 0) is 4.79 Å². The Kier molecular flexibility index (Phi) is 5.08. The van der Waals surface area contributed by atoms with E-state index in [9.17, 15) is 9.59 Å². The third kappa shape index (κ3) is 3.36. The Balaban J connectivity index is 1.51. The number of para-hydroxylation sites is 1. The number of amides is 1. The lowest BCUT2D eigenvalue weighted by Crippen LogP contribution is -2.43. The SMILES string of the molecule is O=C1CSC(c2ccc3c(c2)OCO3)N1C(=S)n1c(-c2ccccc2)nc2ccccc2c1=O. The normalized spacial score (nSPS) is 16.9. The summed E-state index contributed by atoms with van der Waals surface area (Å²) in [5, 5.41) is 0.125. The predicted molar refractivity (Wildman–Crippen MR) is 134 cm³/mol. The second-order valence-corrected chi connectivity index (χ2v) is 9.22. The van der Waals surface area contributed by atoms with Crippen molar-refractivity contribution in [1.82, 2.24) is 14.5 Å². The van der Waals surface area contributed by atoms with Crippen LogP contribution >= 0.6 is 24.0 Å². The summed E-state index contributed by atoms with van der Waals surface area (Å²) in [6.45, 7) is 0.163. The van der Waals surface area contributed by atoms with Gasteiger partial charge in [0.15, 0.2) is 16.6 Å². The Labute approximate surface area is 203 Å². The molecule has 1 saturated heterocycles. The monoisotopic (exact) mass is 487 g/mol. The maximum absolute atomic E-state index is 13.7. The Morgan fingerprint density at radius 3 is 2.59 bits per heavy atom. The largest absolute Gasteiger partial charge is 0.454 e. The summed E-state index contributed by atoms with van der Waals surface area (Å²) in [5.41, 5.74) is 1.82. The highest BCUT2D eigenvalue weighted by atomic mass is 32.2. The molecule has 1 amide bonds. The van der Waals surface area contributed by atoms with Gasteiger partial charge in [0.2, 0.25) is 12.7 Å². The first kappa shape index (κ1) is 20.9. The number of aromatic nitrogens is 2. The van der Waals surface area contributed by atoms with E-state index in [1.165, 1.54) is 21.2 Å². The number of rotatable bonds is 2. The van der Waals surface area contributed by atoms with Gasteiger partial charge in [0, 0.05) is 5.56 Å². The second-order valence-electron chi connectivity index (χ2n) is 7.78. The van der Waals surface area contributed by atoms with E-state index in [1.54, 1.807) is 18.2 Å². The first-order valence-corrected chi connectivity index (χ1v) is 12.0. The molecule has 0 bridgehead atoms. The second kappa shape index (κ2) is 8.27. The fraction of sp³-hybridized carbons (Fsp3) is 0.120. The molecule has 0 spiro atoms. The summed E-state index contributed by atoms with van der Waals surface area (Å²) in [7, 11) is 0. The molecular formula is C25H17N3O4S2. The van der Waals surface area contributed by atoms with Crippen molar-refractivity contribution in [1.29, 1.82) is 0 Å². The molecule has 7 nitrogen and oxygen atoms in total. The zero-order chi connectivity index (χ0) is 23.2. The molecule has 168 valence electrons. The van der Waals surface area contributed by atoms with E-state index in [0.29, 0.717) is 28.2 Å². The maximum Gasteiger partial charge on any atom is 0.268 e. The van der Waals surface area contributed by atoms with Crippen LogP contribution in [0.2, 0.25) is 0 Å². The summed E-state index contributed by atoms with van der Waals surface area (Å²) in [6.07, 6.45) is 0. The predicted octanol–water partition coefficient (Wildman–Crippen LogP) is 4.20. The zero-order valence-electron chi connectivity index (χ0n) is 17.7. The van der Waals surface area contributed by atoms with Crippen LogP contribution in [0.5, 0.6) is 11.5 Å². The zero-order valence-corrected chi connectivity index (χ0v) is 19.3. The average molecular weight is 488 g/mol. The Morgan fingerprint density at radius 1 is 0.971 bits per heavy atom. The molecule has 6 rings (SSSR count). The first-order chi connectivity index (χ1) is 16.6. The molecule has 1 unspecified atom stereocenters. The molecule has 34 heavy (non-hydrogen) atoms. The van der Waals surface area contributed by atoms with Gasteiger partial charge in [-0.05, 0) is 42.0 Å². The first-order valence-electron chi connectivity index (χ1n) is 10.6.